The molecular weight excluding hydrogens is 1160 g/mol. The number of benzene rings is 1. The molecule has 2 aromatic rings. The van der Waals surface area contributed by atoms with Gasteiger partial charge in [-0.1, -0.05) is 34.6 Å². The Bertz CT molecular complexity index is 2910. The highest BCUT2D eigenvalue weighted by molar-refractivity contribution is 8.15. The molecule has 2 heterocycles. The molecule has 0 saturated heterocycles. The predicted octanol–water partition coefficient (Wildman–Crippen LogP) is 9.14. The number of likely N-dealkylation sites (N-methyl/N-ethyl adjacent to an activating group) is 1. The van der Waals surface area contributed by atoms with Gasteiger partial charge in [0.2, 0.25) is 17.7 Å². The van der Waals surface area contributed by atoms with Crippen LogP contribution < -0.4 is 15.4 Å². The molecule has 4 saturated carbocycles. The molecule has 488 valence electrons. The number of hydrogen-bond donors (Lipinski definition) is 4. The molecule has 5 aliphatic carbocycles. The van der Waals surface area contributed by atoms with Gasteiger partial charge in [0, 0.05) is 98.6 Å². The van der Waals surface area contributed by atoms with E-state index in [0.29, 0.717) is 123 Å². The molecule has 1 aromatic heterocycles. The Morgan fingerprint density at radius 1 is 0.784 bits per heavy atom. The zero-order chi connectivity index (χ0) is 63.5. The number of nitrogens with zero attached hydrogens (tertiary/aromatic N) is 4. The van der Waals surface area contributed by atoms with Crippen LogP contribution in [0.3, 0.4) is 0 Å². The van der Waals surface area contributed by atoms with Crippen molar-refractivity contribution in [2.45, 2.75) is 164 Å². The van der Waals surface area contributed by atoms with Crippen LogP contribution in [-0.4, -0.2) is 182 Å². The summed E-state index contributed by atoms with van der Waals surface area (Å²) in [4.78, 5) is 91.7. The summed E-state index contributed by atoms with van der Waals surface area (Å²) in [5.74, 6) is 3.32. The van der Waals surface area contributed by atoms with Gasteiger partial charge in [0.15, 0.2) is 11.6 Å². The third-order valence-electron chi connectivity index (χ3n) is 20.7. The number of Topliss-reactive ketones (excluding diaryl/α,β-unsaturated/α-hetero) is 2. The maximum atomic E-state index is 13.8. The number of aliphatic hydroxyl groups is 2. The van der Waals surface area contributed by atoms with Crippen molar-refractivity contribution in [3.05, 3.63) is 45.5 Å². The molecule has 88 heavy (non-hydrogen) atoms. The maximum absolute atomic E-state index is 13.8. The summed E-state index contributed by atoms with van der Waals surface area (Å²) in [6.45, 7) is 21.6. The van der Waals surface area contributed by atoms with E-state index in [0.717, 1.165) is 77.4 Å². The van der Waals surface area contributed by atoms with Crippen LogP contribution in [0.1, 0.15) is 151 Å². The number of ketones is 2. The average Bonchev–Trinajstić information content (AvgIpc) is 1.42. The summed E-state index contributed by atoms with van der Waals surface area (Å²) < 4.78 is 29.6. The second kappa shape index (κ2) is 31.1. The summed E-state index contributed by atoms with van der Waals surface area (Å²) in [6, 6.07) is 5.55. The highest BCUT2D eigenvalue weighted by atomic mass is 32.2. The normalized spacial score (nSPS) is 27.4. The number of ether oxygens (including phenoxy) is 5. The fourth-order valence-electron chi connectivity index (χ4n) is 15.6. The van der Waals surface area contributed by atoms with Gasteiger partial charge in [0.05, 0.1) is 81.3 Å². The first kappa shape index (κ1) is 69.3. The number of fused-ring (bicyclic) bond motifs is 6. The number of amides is 4. The van der Waals surface area contributed by atoms with Crippen LogP contribution in [0.2, 0.25) is 0 Å². The van der Waals surface area contributed by atoms with Crippen LogP contribution in [0, 0.1) is 51.8 Å². The van der Waals surface area contributed by atoms with Crippen LogP contribution in [0.4, 0.5) is 4.79 Å². The first-order valence-electron chi connectivity index (χ1n) is 32.4. The molecule has 0 radical (unpaired) electrons. The van der Waals surface area contributed by atoms with E-state index in [1.165, 1.54) is 27.6 Å². The third-order valence-corrected chi connectivity index (χ3v) is 23.1. The van der Waals surface area contributed by atoms with Gasteiger partial charge in [-0.25, -0.2) is 9.78 Å². The Balaban J connectivity index is 0.659. The van der Waals surface area contributed by atoms with Crippen molar-refractivity contribution < 1.29 is 62.7 Å². The smallest absolute Gasteiger partial charge is 0.410 e. The third kappa shape index (κ3) is 16.9. The van der Waals surface area contributed by atoms with Gasteiger partial charge < -0.3 is 54.3 Å². The Labute approximate surface area is 529 Å². The number of hydrogen-bond acceptors (Lipinski definition) is 17. The van der Waals surface area contributed by atoms with E-state index in [1.54, 1.807) is 65.6 Å². The number of carbonyl (C=O) groups excluding carboxylic acids is 6. The van der Waals surface area contributed by atoms with Gasteiger partial charge in [-0.2, -0.15) is 0 Å². The minimum atomic E-state index is -0.918. The van der Waals surface area contributed by atoms with Gasteiger partial charge in [-0.3, -0.25) is 29.0 Å². The quantitative estimate of drug-likeness (QED) is 0.0406. The molecular formula is C67H100N6O13S2. The van der Waals surface area contributed by atoms with Gasteiger partial charge in [-0.05, 0) is 150 Å². The van der Waals surface area contributed by atoms with Crippen LogP contribution in [-0.2, 0) is 42.9 Å². The highest BCUT2D eigenvalue weighted by Gasteiger charge is 2.63. The van der Waals surface area contributed by atoms with Crippen LogP contribution in [0.5, 0.6) is 5.75 Å². The second-order valence-electron chi connectivity index (χ2n) is 27.1. The monoisotopic (exact) mass is 1260 g/mol. The minimum Gasteiger partial charge on any atom is -0.410 e. The molecule has 11 atom stereocenters. The molecule has 0 spiro atoms. The lowest BCUT2D eigenvalue weighted by Gasteiger charge is -2.62. The maximum Gasteiger partial charge on any atom is 0.415 e. The molecule has 19 nitrogen and oxygen atoms in total. The Kier molecular flexibility index (Phi) is 24.5. The molecule has 4 amide bonds. The van der Waals surface area contributed by atoms with E-state index in [1.807, 2.05) is 6.07 Å². The Morgan fingerprint density at radius 2 is 1.42 bits per heavy atom. The van der Waals surface area contributed by atoms with Gasteiger partial charge >= 0.3 is 6.09 Å². The van der Waals surface area contributed by atoms with Crippen LogP contribution in [0.15, 0.2) is 45.5 Å². The molecule has 1 aromatic carbocycles. The van der Waals surface area contributed by atoms with Crippen LogP contribution in [0.25, 0.3) is 10.2 Å². The zero-order valence-electron chi connectivity index (χ0n) is 54.0. The van der Waals surface area contributed by atoms with Crippen molar-refractivity contribution in [2.75, 3.05) is 98.4 Å². The van der Waals surface area contributed by atoms with Crippen molar-refractivity contribution >= 4 is 73.7 Å². The summed E-state index contributed by atoms with van der Waals surface area (Å²) in [7, 11) is 1.65. The first-order chi connectivity index (χ1) is 41.9. The number of thioether (sulfide) groups is 1. The standard InChI is InChI=1S/C67H100N6O13S2/c1-41(49-14-15-50-58-51(19-22-67(49,50)9)66(8)21-18-47(74)36-46(66)37-53(58)75)12-17-55(76)68-23-11-24-69-56(77)20-28-82-30-32-84-34-35-85-33-31-83-29-27-73(64(81)86-48-13-16-52-54(38-48)88-63(71-52)62-70-42(2)40-87-62)26-25-72(10)57(78)39-65(6,7)59-45(5)60(79)43(3)44(4)61(59)80/h13,16,38,41-42,46-47,49-51,53,58,74-75H,11-12,14-15,17-37,39-40H2,1-10H3,(H,68,76)(H,69,77)/t41-,42?,46+,47-,49-,50+,51+,53-,58+,66+,67-/m0/s1. The SMILES string of the molecule is CC1=C(C)C(=O)C(C(C)(C)CC(=O)N(C)CCN(CCOCCOCCOCCOCCC(=O)NCCCNC(=O)CC[C@H](C)[C@@H]2CC[C@@H]3[C@@H]4[C@@H](CC[C@]32C)[C@]2(C)CC[C@H](O)C[C@@H]2C[C@@H]4O)C(=O)Oc2ccc3nc(C4=NC(C)CS4)sc3c2)=C(C)C1=O. The number of allylic oxidation sites excluding steroid dienone is 4. The fourth-order valence-corrected chi connectivity index (χ4v) is 17.7. The minimum absolute atomic E-state index is 0.0200. The molecule has 1 unspecified atom stereocenters. The number of aliphatic imine (C=N–C) groups is 1. The summed E-state index contributed by atoms with van der Waals surface area (Å²) in [6.07, 6.45) is 9.34. The van der Waals surface area contributed by atoms with Gasteiger partial charge in [0.25, 0.3) is 0 Å². The Morgan fingerprint density at radius 3 is 2.10 bits per heavy atom. The molecule has 1 aliphatic heterocycles. The largest absolute Gasteiger partial charge is 0.415 e. The lowest BCUT2D eigenvalue weighted by atomic mass is 9.43. The van der Waals surface area contributed by atoms with Gasteiger partial charge in [-0.15, -0.1) is 23.1 Å². The lowest BCUT2D eigenvalue weighted by Crippen LogP contribution is -2.58. The van der Waals surface area contributed by atoms with Gasteiger partial charge in [0.1, 0.15) is 15.8 Å². The van der Waals surface area contributed by atoms with Crippen molar-refractivity contribution in [2.24, 2.45) is 56.7 Å². The molecule has 4 fully saturated rings. The van der Waals surface area contributed by atoms with E-state index in [4.69, 9.17) is 33.7 Å². The first-order valence-corrected chi connectivity index (χ1v) is 34.2. The number of aliphatic hydroxyl groups excluding tert-OH is 2. The fraction of sp³-hybridized carbons (Fsp3) is 0.731. The van der Waals surface area contributed by atoms with Crippen molar-refractivity contribution in [3.63, 3.8) is 0 Å². The molecule has 6 aliphatic rings. The van der Waals surface area contributed by atoms with E-state index < -0.39 is 11.5 Å². The predicted molar refractivity (Wildman–Crippen MR) is 342 cm³/mol. The second-order valence-corrected chi connectivity index (χ2v) is 29.1. The van der Waals surface area contributed by atoms with E-state index >= 15 is 0 Å². The van der Waals surface area contributed by atoms with Crippen LogP contribution >= 0.6 is 23.1 Å². The van der Waals surface area contributed by atoms with E-state index in [-0.39, 0.29) is 111 Å². The van der Waals surface area contributed by atoms with Crippen molar-refractivity contribution in [1.82, 2.24) is 25.4 Å². The summed E-state index contributed by atoms with van der Waals surface area (Å²) >= 11 is 3.17. The number of rotatable bonds is 31. The zero-order valence-corrected chi connectivity index (χ0v) is 55.6. The number of nitrogens with one attached hydrogen (secondary N) is 2. The van der Waals surface area contributed by atoms with Crippen molar-refractivity contribution in [3.8, 4) is 5.75 Å². The summed E-state index contributed by atoms with van der Waals surface area (Å²) in [5, 5.41) is 29.8. The van der Waals surface area contributed by atoms with Crippen molar-refractivity contribution in [1.29, 1.82) is 0 Å². The number of aromatic nitrogens is 1. The topological polar surface area (TPSA) is 245 Å². The Hall–Kier alpha value is -4.61. The molecule has 0 bridgehead atoms. The van der Waals surface area contributed by atoms with E-state index in [9.17, 15) is 39.0 Å². The highest BCUT2D eigenvalue weighted by Crippen LogP contribution is 2.68. The number of carbonyl (C=O) groups is 6. The molecule has 21 heteroatoms. The average molecular weight is 1260 g/mol. The van der Waals surface area contributed by atoms with E-state index in [2.05, 4.69) is 38.3 Å². The lowest BCUT2D eigenvalue weighted by molar-refractivity contribution is -0.174. The summed E-state index contributed by atoms with van der Waals surface area (Å²) in [5.41, 5.74) is 1.79. The molecule has 8 rings (SSSR count). The number of thiazole rings is 1. The molecule has 4 N–H and O–H groups in total.